The molecule has 1 aliphatic rings. The van der Waals surface area contributed by atoms with Gasteiger partial charge in [-0.25, -0.2) is 9.37 Å². The Kier molecular flexibility index (Phi) is 6.79. The molecule has 1 aromatic heterocycles. The summed E-state index contributed by atoms with van der Waals surface area (Å²) in [4.78, 5) is 32.6. The van der Waals surface area contributed by atoms with Gasteiger partial charge in [0.05, 0.1) is 21.8 Å². The average molecular weight is 571 g/mol. The van der Waals surface area contributed by atoms with E-state index in [2.05, 4.69) is 4.98 Å². The third-order valence-corrected chi connectivity index (χ3v) is 7.82. The largest absolute Gasteiger partial charge is 0.507 e. The van der Waals surface area contributed by atoms with Gasteiger partial charge in [-0.1, -0.05) is 65.4 Å². The van der Waals surface area contributed by atoms with Crippen molar-refractivity contribution in [2.75, 3.05) is 4.90 Å². The molecule has 6 nitrogen and oxygen atoms in total. The maximum atomic E-state index is 13.9. The van der Waals surface area contributed by atoms with Crippen molar-refractivity contribution in [2.45, 2.75) is 12.6 Å². The van der Waals surface area contributed by atoms with Crippen molar-refractivity contribution in [3.8, 4) is 5.75 Å². The number of carbonyl (C=O) groups excluding carboxylic acids is 2. The minimum atomic E-state index is -0.982. The molecule has 1 fully saturated rings. The monoisotopic (exact) mass is 570 g/mol. The predicted molar refractivity (Wildman–Crippen MR) is 153 cm³/mol. The van der Waals surface area contributed by atoms with Gasteiger partial charge in [0.1, 0.15) is 23.9 Å². The van der Waals surface area contributed by atoms with Crippen molar-refractivity contribution < 1.29 is 23.8 Å². The quantitative estimate of drug-likeness (QED) is 0.132. The fourth-order valence-electron chi connectivity index (χ4n) is 4.59. The number of hydrogen-bond acceptors (Lipinski definition) is 6. The van der Waals surface area contributed by atoms with Crippen LogP contribution in [0.5, 0.6) is 5.75 Å². The number of benzene rings is 4. The lowest BCUT2D eigenvalue weighted by Crippen LogP contribution is -2.29. The summed E-state index contributed by atoms with van der Waals surface area (Å²) < 4.78 is 20.3. The number of rotatable bonds is 6. The third-order valence-electron chi connectivity index (χ3n) is 6.55. The average Bonchev–Trinajstić information content (AvgIpc) is 3.50. The number of anilines is 1. The van der Waals surface area contributed by atoms with Crippen LogP contribution in [0.2, 0.25) is 5.02 Å². The highest BCUT2D eigenvalue weighted by molar-refractivity contribution is 7.22. The lowest BCUT2D eigenvalue weighted by molar-refractivity contribution is -0.132. The number of ether oxygens (including phenoxy) is 1. The second-order valence-corrected chi connectivity index (χ2v) is 10.6. The maximum absolute atomic E-state index is 13.9. The molecule has 9 heteroatoms. The summed E-state index contributed by atoms with van der Waals surface area (Å²) in [6.45, 7) is 0.373. The van der Waals surface area contributed by atoms with Crippen molar-refractivity contribution in [1.29, 1.82) is 0 Å². The molecule has 5 aromatic rings. The molecule has 0 bridgehead atoms. The molecule has 0 radical (unpaired) electrons. The lowest BCUT2D eigenvalue weighted by Gasteiger charge is -2.23. The summed E-state index contributed by atoms with van der Waals surface area (Å²) in [7, 11) is 0. The zero-order chi connectivity index (χ0) is 27.8. The molecule has 40 heavy (non-hydrogen) atoms. The molecule has 0 aliphatic carbocycles. The second kappa shape index (κ2) is 10.6. The zero-order valence-corrected chi connectivity index (χ0v) is 22.3. The van der Waals surface area contributed by atoms with Crippen LogP contribution in [0.3, 0.4) is 0 Å². The van der Waals surface area contributed by atoms with E-state index in [-0.39, 0.29) is 16.5 Å². The third kappa shape index (κ3) is 4.83. The van der Waals surface area contributed by atoms with Crippen molar-refractivity contribution >= 4 is 55.7 Å². The van der Waals surface area contributed by atoms with E-state index in [1.54, 1.807) is 48.5 Å². The Labute approximate surface area is 237 Å². The van der Waals surface area contributed by atoms with Gasteiger partial charge in [0.15, 0.2) is 5.13 Å². The van der Waals surface area contributed by atoms with Crippen molar-refractivity contribution in [2.24, 2.45) is 0 Å². The van der Waals surface area contributed by atoms with E-state index in [0.29, 0.717) is 38.7 Å². The van der Waals surface area contributed by atoms with E-state index >= 15 is 0 Å². The van der Waals surface area contributed by atoms with Crippen molar-refractivity contribution in [3.63, 3.8) is 0 Å². The van der Waals surface area contributed by atoms with Gasteiger partial charge >= 0.3 is 5.91 Å². The Bertz CT molecular complexity index is 1770. The summed E-state index contributed by atoms with van der Waals surface area (Å²) in [6, 6.07) is 26.2. The van der Waals surface area contributed by atoms with Crippen LogP contribution in [0, 0.1) is 5.82 Å². The number of hydrogen-bond donors (Lipinski definition) is 1. The van der Waals surface area contributed by atoms with Gasteiger partial charge in [-0.2, -0.15) is 0 Å². The molecule has 0 spiro atoms. The van der Waals surface area contributed by atoms with E-state index in [4.69, 9.17) is 16.3 Å². The van der Waals surface area contributed by atoms with Crippen LogP contribution in [-0.4, -0.2) is 21.8 Å². The fraction of sp³-hybridized carbons (Fsp3) is 0.0645. The molecule has 198 valence electrons. The number of amides is 1. The van der Waals surface area contributed by atoms with Gasteiger partial charge in [0, 0.05) is 10.6 Å². The minimum Gasteiger partial charge on any atom is -0.507 e. The number of aromatic nitrogens is 1. The van der Waals surface area contributed by atoms with Crippen molar-refractivity contribution in [3.05, 3.63) is 130 Å². The molecule has 6 rings (SSSR count). The summed E-state index contributed by atoms with van der Waals surface area (Å²) in [5, 5.41) is 12.0. The standard InChI is InChI=1S/C31H20ClFN2O4S/c32-21-10-6-20(7-11-21)28(36)26-27(19-8-13-23(14-9-19)39-17-18-4-2-1-3-5-18)35(30(38)29(26)37)31-34-24-15-12-22(33)16-25(24)40-31/h1-16,27,36H,17H2. The molecule has 1 saturated heterocycles. The van der Waals surface area contributed by atoms with E-state index in [1.807, 2.05) is 30.3 Å². The molecule has 4 aromatic carbocycles. The highest BCUT2D eigenvalue weighted by Gasteiger charge is 2.48. The van der Waals surface area contributed by atoms with Gasteiger partial charge in [-0.3, -0.25) is 14.5 Å². The van der Waals surface area contributed by atoms with Crippen LogP contribution in [0.15, 0.2) is 103 Å². The van der Waals surface area contributed by atoms with E-state index < -0.39 is 23.5 Å². The molecule has 1 unspecified atom stereocenters. The normalized spacial score (nSPS) is 16.6. The number of Topliss-reactive ketones (excluding diaryl/α,β-unsaturated/α-hetero) is 1. The molecule has 2 heterocycles. The number of aliphatic hydroxyl groups excluding tert-OH is 1. The Morgan fingerprint density at radius 2 is 1.70 bits per heavy atom. The molecule has 1 atom stereocenters. The summed E-state index contributed by atoms with van der Waals surface area (Å²) >= 11 is 7.10. The molecule has 0 saturated carbocycles. The first kappa shape index (κ1) is 25.7. The number of aliphatic hydroxyl groups is 1. The smallest absolute Gasteiger partial charge is 0.301 e. The van der Waals surface area contributed by atoms with Gasteiger partial charge in [0.25, 0.3) is 5.78 Å². The van der Waals surface area contributed by atoms with Crippen molar-refractivity contribution in [1.82, 2.24) is 4.98 Å². The number of fused-ring (bicyclic) bond motifs is 1. The van der Waals surface area contributed by atoms with E-state index in [1.165, 1.54) is 23.1 Å². The van der Waals surface area contributed by atoms with Gasteiger partial charge in [-0.05, 0) is 65.7 Å². The Morgan fingerprint density at radius 1 is 0.975 bits per heavy atom. The fourth-order valence-corrected chi connectivity index (χ4v) is 5.73. The second-order valence-electron chi connectivity index (χ2n) is 9.13. The van der Waals surface area contributed by atoms with E-state index in [0.717, 1.165) is 16.9 Å². The van der Waals surface area contributed by atoms with Gasteiger partial charge < -0.3 is 9.84 Å². The summed E-state index contributed by atoms with van der Waals surface area (Å²) in [6.07, 6.45) is 0. The Morgan fingerprint density at radius 3 is 2.42 bits per heavy atom. The zero-order valence-electron chi connectivity index (χ0n) is 20.8. The number of nitrogens with zero attached hydrogens (tertiary/aromatic N) is 2. The minimum absolute atomic E-state index is 0.0873. The SMILES string of the molecule is O=C1C(=O)N(c2nc3ccc(F)cc3s2)C(c2ccc(OCc3ccccc3)cc2)C1=C(O)c1ccc(Cl)cc1. The van der Waals surface area contributed by atoms with Crippen LogP contribution in [0.25, 0.3) is 16.0 Å². The Balaban J connectivity index is 1.43. The van der Waals surface area contributed by atoms with Gasteiger partial charge in [-0.15, -0.1) is 0 Å². The molecular weight excluding hydrogens is 551 g/mol. The molecular formula is C31H20ClFN2O4S. The first-order valence-corrected chi connectivity index (χ1v) is 13.5. The highest BCUT2D eigenvalue weighted by atomic mass is 35.5. The summed E-state index contributed by atoms with van der Waals surface area (Å²) in [5.74, 6) is -1.87. The Hall–Kier alpha value is -4.53. The maximum Gasteiger partial charge on any atom is 0.301 e. The topological polar surface area (TPSA) is 79.7 Å². The number of carbonyl (C=O) groups is 2. The highest BCUT2D eigenvalue weighted by Crippen LogP contribution is 2.44. The van der Waals surface area contributed by atoms with Crippen LogP contribution < -0.4 is 9.64 Å². The number of thiazole rings is 1. The van der Waals surface area contributed by atoms with Crippen LogP contribution >= 0.6 is 22.9 Å². The molecule has 1 N–H and O–H groups in total. The first-order valence-electron chi connectivity index (χ1n) is 12.3. The number of halogens is 2. The first-order chi connectivity index (χ1) is 19.4. The summed E-state index contributed by atoms with van der Waals surface area (Å²) in [5.41, 5.74) is 2.31. The van der Waals surface area contributed by atoms with Crippen LogP contribution in [0.1, 0.15) is 22.7 Å². The lowest BCUT2D eigenvalue weighted by atomic mass is 9.95. The number of ketones is 1. The van der Waals surface area contributed by atoms with Crippen LogP contribution in [-0.2, 0) is 16.2 Å². The van der Waals surface area contributed by atoms with Crippen LogP contribution in [0.4, 0.5) is 9.52 Å². The molecule has 1 amide bonds. The van der Waals surface area contributed by atoms with Gasteiger partial charge in [0.2, 0.25) is 0 Å². The molecule has 1 aliphatic heterocycles. The predicted octanol–water partition coefficient (Wildman–Crippen LogP) is 7.29. The van der Waals surface area contributed by atoms with E-state index in [9.17, 15) is 19.1 Å².